The van der Waals surface area contributed by atoms with Gasteiger partial charge in [-0.3, -0.25) is 0 Å². The number of anilines is 6. The third-order valence-electron chi connectivity index (χ3n) is 11.3. The molecule has 8 aromatic rings. The monoisotopic (exact) mass is 688 g/mol. The lowest BCUT2D eigenvalue weighted by molar-refractivity contribution is 0.332. The van der Waals surface area contributed by atoms with E-state index < -0.39 is 0 Å². The van der Waals surface area contributed by atoms with Crippen molar-refractivity contribution in [3.05, 3.63) is 181 Å². The number of rotatable bonds is 7. The van der Waals surface area contributed by atoms with E-state index >= 15 is 0 Å². The van der Waals surface area contributed by atoms with E-state index in [1.165, 1.54) is 40.8 Å². The first-order valence-corrected chi connectivity index (χ1v) is 18.7. The van der Waals surface area contributed by atoms with Crippen LogP contribution in [0.1, 0.15) is 51.7 Å². The lowest BCUT2D eigenvalue weighted by Crippen LogP contribution is -2.34. The van der Waals surface area contributed by atoms with Crippen molar-refractivity contribution in [1.82, 2.24) is 0 Å². The van der Waals surface area contributed by atoms with Crippen molar-refractivity contribution in [3.8, 4) is 11.1 Å². The van der Waals surface area contributed by atoms with Crippen LogP contribution in [-0.4, -0.2) is 0 Å². The lowest BCUT2D eigenvalue weighted by atomic mass is 9.63. The number of furan rings is 1. The Kier molecular flexibility index (Phi) is 7.96. The summed E-state index contributed by atoms with van der Waals surface area (Å²) in [4.78, 5) is 4.72. The average molecular weight is 689 g/mol. The van der Waals surface area contributed by atoms with Crippen molar-refractivity contribution in [2.45, 2.75) is 51.4 Å². The molecule has 0 aliphatic heterocycles. The van der Waals surface area contributed by atoms with Crippen LogP contribution in [0.4, 0.5) is 34.1 Å². The van der Waals surface area contributed by atoms with Crippen LogP contribution >= 0.6 is 0 Å². The van der Waals surface area contributed by atoms with Crippen LogP contribution in [0.25, 0.3) is 33.1 Å². The van der Waals surface area contributed by atoms with Crippen LogP contribution in [-0.2, 0) is 10.8 Å². The van der Waals surface area contributed by atoms with Gasteiger partial charge in [0.25, 0.3) is 0 Å². The lowest BCUT2D eigenvalue weighted by Gasteiger charge is -2.42. The van der Waals surface area contributed by atoms with E-state index in [0.29, 0.717) is 0 Å². The maximum Gasteiger partial charge on any atom is 0.137 e. The Balaban J connectivity index is 1.08. The Morgan fingerprint density at radius 1 is 0.415 bits per heavy atom. The number of fused-ring (bicyclic) bond motifs is 4. The van der Waals surface area contributed by atoms with Crippen molar-refractivity contribution < 1.29 is 4.42 Å². The van der Waals surface area contributed by atoms with Crippen LogP contribution < -0.4 is 9.80 Å². The summed E-state index contributed by atoms with van der Waals surface area (Å²) in [7, 11) is 0. The van der Waals surface area contributed by atoms with Gasteiger partial charge in [-0.05, 0) is 125 Å². The number of hydrogen-bond donors (Lipinski definition) is 0. The Bertz CT molecular complexity index is 2550. The summed E-state index contributed by atoms with van der Waals surface area (Å²) in [6.07, 6.45) is 2.40. The van der Waals surface area contributed by atoms with Crippen molar-refractivity contribution in [1.29, 1.82) is 0 Å². The highest BCUT2D eigenvalue weighted by atomic mass is 16.3. The SMILES string of the molecule is CC1(C)CCC(C)(C)c2cc(N(c3ccccc3)c3ccc(-c4ccc(N(c5ccccc5)c5cccc6oc7ccccc7c56)cc4)cc3)ccc21. The van der Waals surface area contributed by atoms with E-state index in [4.69, 9.17) is 4.42 Å². The Labute approximate surface area is 312 Å². The van der Waals surface area contributed by atoms with Gasteiger partial charge in [0.1, 0.15) is 11.2 Å². The van der Waals surface area contributed by atoms with E-state index in [1.807, 2.05) is 12.1 Å². The van der Waals surface area contributed by atoms with Gasteiger partial charge in [0, 0.05) is 33.8 Å². The van der Waals surface area contributed by atoms with Gasteiger partial charge >= 0.3 is 0 Å². The molecule has 0 unspecified atom stereocenters. The molecule has 1 aliphatic carbocycles. The summed E-state index contributed by atoms with van der Waals surface area (Å²) < 4.78 is 6.29. The molecule has 0 saturated heterocycles. The quantitative estimate of drug-likeness (QED) is 0.166. The van der Waals surface area contributed by atoms with E-state index in [0.717, 1.165) is 50.4 Å². The molecule has 0 atom stereocenters. The molecule has 9 rings (SSSR count). The second-order valence-electron chi connectivity index (χ2n) is 15.7. The van der Waals surface area contributed by atoms with Gasteiger partial charge in [-0.2, -0.15) is 0 Å². The molecule has 3 nitrogen and oxygen atoms in total. The molecule has 53 heavy (non-hydrogen) atoms. The van der Waals surface area contributed by atoms with Crippen LogP contribution in [0.2, 0.25) is 0 Å². The van der Waals surface area contributed by atoms with Crippen LogP contribution in [0.15, 0.2) is 174 Å². The molecule has 0 fully saturated rings. The Hall–Kier alpha value is -6.06. The largest absolute Gasteiger partial charge is 0.456 e. The van der Waals surface area contributed by atoms with Gasteiger partial charge in [-0.15, -0.1) is 0 Å². The summed E-state index contributed by atoms with van der Waals surface area (Å²) >= 11 is 0. The second-order valence-corrected chi connectivity index (χ2v) is 15.7. The van der Waals surface area contributed by atoms with Gasteiger partial charge in [-0.1, -0.05) is 119 Å². The highest BCUT2D eigenvalue weighted by Gasteiger charge is 2.37. The maximum absolute atomic E-state index is 6.29. The number of hydrogen-bond acceptors (Lipinski definition) is 3. The smallest absolute Gasteiger partial charge is 0.137 e. The van der Waals surface area contributed by atoms with E-state index in [1.54, 1.807) is 0 Å². The van der Waals surface area contributed by atoms with Crippen molar-refractivity contribution >= 4 is 56.1 Å². The van der Waals surface area contributed by atoms with Crippen LogP contribution in [0, 0.1) is 0 Å². The highest BCUT2D eigenvalue weighted by Crippen LogP contribution is 2.48. The van der Waals surface area contributed by atoms with E-state index in [-0.39, 0.29) is 10.8 Å². The first kappa shape index (κ1) is 32.8. The normalized spacial score (nSPS) is 14.6. The molecule has 0 saturated carbocycles. The van der Waals surface area contributed by atoms with E-state index in [9.17, 15) is 0 Å². The number of nitrogens with zero attached hydrogens (tertiary/aromatic N) is 2. The summed E-state index contributed by atoms with van der Waals surface area (Å²) in [5.41, 5.74) is 14.1. The zero-order valence-corrected chi connectivity index (χ0v) is 30.9. The summed E-state index contributed by atoms with van der Waals surface area (Å²) in [5, 5.41) is 2.23. The number of para-hydroxylation sites is 3. The molecule has 1 aliphatic rings. The van der Waals surface area contributed by atoms with Gasteiger partial charge < -0.3 is 14.2 Å². The molecule has 7 aromatic carbocycles. The predicted octanol–water partition coefficient (Wildman–Crippen LogP) is 14.5. The van der Waals surface area contributed by atoms with Crippen molar-refractivity contribution in [3.63, 3.8) is 0 Å². The molecular weight excluding hydrogens is 645 g/mol. The molecule has 0 bridgehead atoms. The van der Waals surface area contributed by atoms with Crippen molar-refractivity contribution in [2.75, 3.05) is 9.80 Å². The molecule has 0 radical (unpaired) electrons. The molecular formula is C50H44N2O. The molecule has 0 spiro atoms. The zero-order valence-electron chi connectivity index (χ0n) is 30.9. The molecule has 0 N–H and O–H groups in total. The predicted molar refractivity (Wildman–Crippen MR) is 224 cm³/mol. The maximum atomic E-state index is 6.29. The number of benzene rings is 7. The van der Waals surface area contributed by atoms with Gasteiger partial charge in [-0.25, -0.2) is 0 Å². The minimum atomic E-state index is 0.133. The van der Waals surface area contributed by atoms with Gasteiger partial charge in [0.2, 0.25) is 0 Å². The fraction of sp³-hybridized carbons (Fsp3) is 0.160. The Morgan fingerprint density at radius 2 is 0.906 bits per heavy atom. The first-order valence-electron chi connectivity index (χ1n) is 18.7. The van der Waals surface area contributed by atoms with Crippen molar-refractivity contribution in [2.24, 2.45) is 0 Å². The minimum absolute atomic E-state index is 0.133. The first-order chi connectivity index (χ1) is 25.8. The van der Waals surface area contributed by atoms with E-state index in [2.05, 4.69) is 195 Å². The zero-order chi connectivity index (χ0) is 36.2. The highest BCUT2D eigenvalue weighted by molar-refractivity contribution is 6.13. The molecule has 260 valence electrons. The third kappa shape index (κ3) is 5.87. The molecule has 1 heterocycles. The fourth-order valence-electron chi connectivity index (χ4n) is 8.29. The minimum Gasteiger partial charge on any atom is -0.456 e. The van der Waals surface area contributed by atoms with Gasteiger partial charge in [0.15, 0.2) is 0 Å². The molecule has 3 heteroatoms. The third-order valence-corrected chi connectivity index (χ3v) is 11.3. The summed E-state index contributed by atoms with van der Waals surface area (Å²) in [6, 6.07) is 61.0. The topological polar surface area (TPSA) is 19.6 Å². The average Bonchev–Trinajstić information content (AvgIpc) is 3.58. The Morgan fingerprint density at radius 3 is 1.55 bits per heavy atom. The standard InChI is InChI=1S/C50H44N2O/c1-49(2)32-33-50(3,4)44-34-41(30-31-43(44)49)51(37-14-7-5-8-15-37)39-26-22-35(23-27-39)36-24-28-40(29-25-36)52(38-16-9-6-10-17-38)45-19-13-21-47-48(45)42-18-11-12-20-46(42)53-47/h5-31,34H,32-33H2,1-4H3. The second kappa shape index (κ2) is 12.9. The van der Waals surface area contributed by atoms with Crippen LogP contribution in [0.3, 0.4) is 0 Å². The van der Waals surface area contributed by atoms with Gasteiger partial charge in [0.05, 0.1) is 11.1 Å². The fourth-order valence-corrected chi connectivity index (χ4v) is 8.29. The molecule has 1 aromatic heterocycles. The summed E-state index contributed by atoms with van der Waals surface area (Å²) in [6.45, 7) is 9.58. The molecule has 0 amide bonds. The van der Waals surface area contributed by atoms with Crippen LogP contribution in [0.5, 0.6) is 0 Å². The summed E-state index contributed by atoms with van der Waals surface area (Å²) in [5.74, 6) is 0.